The molecule has 2 aliphatic carbocycles. The summed E-state index contributed by atoms with van der Waals surface area (Å²) in [5, 5.41) is 0. The summed E-state index contributed by atoms with van der Waals surface area (Å²) in [5.74, 6) is 2.76. The van der Waals surface area contributed by atoms with Crippen molar-refractivity contribution in [2.24, 2.45) is 23.2 Å². The molecule has 1 nitrogen and oxygen atoms in total. The fourth-order valence-corrected chi connectivity index (χ4v) is 3.53. The van der Waals surface area contributed by atoms with Crippen LogP contribution in [0.15, 0.2) is 12.2 Å². The van der Waals surface area contributed by atoms with Gasteiger partial charge in [0.05, 0.1) is 13.2 Å². The van der Waals surface area contributed by atoms with Gasteiger partial charge < -0.3 is 4.74 Å². The zero-order valence-corrected chi connectivity index (χ0v) is 8.33. The molecule has 72 valence electrons. The highest BCUT2D eigenvalue weighted by atomic mass is 16.5. The van der Waals surface area contributed by atoms with Gasteiger partial charge in [-0.15, -0.1) is 0 Å². The lowest BCUT2D eigenvalue weighted by Crippen LogP contribution is -2.49. The summed E-state index contributed by atoms with van der Waals surface area (Å²) in [6, 6.07) is 0. The first-order chi connectivity index (χ1) is 6.34. The molecule has 0 amide bonds. The van der Waals surface area contributed by atoms with Crippen LogP contribution in [0.5, 0.6) is 0 Å². The Hall–Kier alpha value is -0.300. The van der Waals surface area contributed by atoms with Gasteiger partial charge in [-0.3, -0.25) is 0 Å². The zero-order chi connectivity index (χ0) is 8.89. The molecule has 0 aromatic heterocycles. The number of allylic oxidation sites excluding steroid dienone is 2. The number of hydrogen-bond donors (Lipinski definition) is 0. The highest BCUT2D eigenvalue weighted by Gasteiger charge is 2.51. The minimum atomic E-state index is 0.574. The Kier molecular flexibility index (Phi) is 1.61. The fraction of sp³-hybridized carbons (Fsp3) is 0.833. The Labute approximate surface area is 80.2 Å². The van der Waals surface area contributed by atoms with Gasteiger partial charge in [0.15, 0.2) is 0 Å². The zero-order valence-electron chi connectivity index (χ0n) is 8.33. The second kappa shape index (κ2) is 2.60. The standard InChI is InChI=1S/C12H18O/c1-2-12(7-13-8-12)11-6-9-3-4-10(11)5-9/h3-4,9-11H,2,5-8H2,1H3. The normalized spacial score (nSPS) is 45.2. The lowest BCUT2D eigenvalue weighted by molar-refractivity contribution is -0.153. The molecule has 3 atom stereocenters. The highest BCUT2D eigenvalue weighted by Crippen LogP contribution is 2.55. The first kappa shape index (κ1) is 8.05. The molecule has 1 saturated carbocycles. The average Bonchev–Trinajstić information content (AvgIpc) is 2.64. The molecule has 1 saturated heterocycles. The van der Waals surface area contributed by atoms with E-state index in [9.17, 15) is 0 Å². The van der Waals surface area contributed by atoms with Gasteiger partial charge in [-0.25, -0.2) is 0 Å². The predicted molar refractivity (Wildman–Crippen MR) is 52.4 cm³/mol. The Morgan fingerprint density at radius 3 is 2.54 bits per heavy atom. The molecule has 3 rings (SSSR count). The molecule has 1 heterocycles. The molecule has 1 heteroatoms. The van der Waals surface area contributed by atoms with Crippen molar-refractivity contribution in [3.8, 4) is 0 Å². The van der Waals surface area contributed by atoms with Crippen LogP contribution in [0.4, 0.5) is 0 Å². The summed E-state index contributed by atoms with van der Waals surface area (Å²) in [4.78, 5) is 0. The summed E-state index contributed by atoms with van der Waals surface area (Å²) in [7, 11) is 0. The first-order valence-electron chi connectivity index (χ1n) is 5.60. The Morgan fingerprint density at radius 1 is 1.31 bits per heavy atom. The van der Waals surface area contributed by atoms with E-state index in [1.54, 1.807) is 0 Å². The van der Waals surface area contributed by atoms with Gasteiger partial charge in [-0.05, 0) is 37.0 Å². The van der Waals surface area contributed by atoms with Crippen LogP contribution < -0.4 is 0 Å². The van der Waals surface area contributed by atoms with E-state index >= 15 is 0 Å². The van der Waals surface area contributed by atoms with E-state index in [0.717, 1.165) is 31.0 Å². The summed E-state index contributed by atoms with van der Waals surface area (Å²) in [6.45, 7) is 4.40. The van der Waals surface area contributed by atoms with Gasteiger partial charge in [-0.2, -0.15) is 0 Å². The van der Waals surface area contributed by atoms with Gasteiger partial charge in [-0.1, -0.05) is 19.1 Å². The molecule has 0 radical (unpaired) electrons. The molecule has 0 aromatic carbocycles. The van der Waals surface area contributed by atoms with E-state index in [-0.39, 0.29) is 0 Å². The van der Waals surface area contributed by atoms with Crippen molar-refractivity contribution in [3.05, 3.63) is 12.2 Å². The largest absolute Gasteiger partial charge is 0.380 e. The van der Waals surface area contributed by atoms with Gasteiger partial charge >= 0.3 is 0 Å². The smallest absolute Gasteiger partial charge is 0.0547 e. The molecule has 1 aliphatic heterocycles. The monoisotopic (exact) mass is 178 g/mol. The third-order valence-electron chi connectivity index (χ3n) is 4.55. The van der Waals surface area contributed by atoms with Crippen molar-refractivity contribution in [2.75, 3.05) is 13.2 Å². The van der Waals surface area contributed by atoms with E-state index in [0.29, 0.717) is 5.41 Å². The maximum atomic E-state index is 5.43. The van der Waals surface area contributed by atoms with Crippen LogP contribution in [0, 0.1) is 23.2 Å². The molecule has 2 bridgehead atoms. The Morgan fingerprint density at radius 2 is 2.15 bits per heavy atom. The van der Waals surface area contributed by atoms with Crippen molar-refractivity contribution < 1.29 is 4.74 Å². The number of fused-ring (bicyclic) bond motifs is 2. The van der Waals surface area contributed by atoms with Crippen molar-refractivity contribution in [1.29, 1.82) is 0 Å². The van der Waals surface area contributed by atoms with Gasteiger partial charge in [0.2, 0.25) is 0 Å². The van der Waals surface area contributed by atoms with Crippen LogP contribution in [0.25, 0.3) is 0 Å². The van der Waals surface area contributed by atoms with Crippen LogP contribution in [0.2, 0.25) is 0 Å². The topological polar surface area (TPSA) is 9.23 Å². The molecular weight excluding hydrogens is 160 g/mol. The summed E-state index contributed by atoms with van der Waals surface area (Å²) >= 11 is 0. The van der Waals surface area contributed by atoms with Crippen LogP contribution >= 0.6 is 0 Å². The van der Waals surface area contributed by atoms with Crippen molar-refractivity contribution in [3.63, 3.8) is 0 Å². The van der Waals surface area contributed by atoms with Gasteiger partial charge in [0.1, 0.15) is 0 Å². The molecule has 2 fully saturated rings. The van der Waals surface area contributed by atoms with E-state index < -0.39 is 0 Å². The summed E-state index contributed by atoms with van der Waals surface area (Å²) in [6.07, 6.45) is 9.10. The SMILES string of the molecule is CCC1(C2CC3C=CC2C3)COC1. The second-order valence-electron chi connectivity index (χ2n) is 5.10. The van der Waals surface area contributed by atoms with Crippen LogP contribution in [0.3, 0.4) is 0 Å². The number of hydrogen-bond acceptors (Lipinski definition) is 1. The molecular formula is C12H18O. The Balaban J connectivity index is 1.82. The van der Waals surface area contributed by atoms with E-state index in [4.69, 9.17) is 4.74 Å². The molecule has 3 aliphatic rings. The quantitative estimate of drug-likeness (QED) is 0.591. The van der Waals surface area contributed by atoms with E-state index in [2.05, 4.69) is 19.1 Å². The van der Waals surface area contributed by atoms with Gasteiger partial charge in [0.25, 0.3) is 0 Å². The predicted octanol–water partition coefficient (Wildman–Crippen LogP) is 2.63. The molecule has 0 spiro atoms. The van der Waals surface area contributed by atoms with Crippen molar-refractivity contribution >= 4 is 0 Å². The minimum Gasteiger partial charge on any atom is -0.380 e. The summed E-state index contributed by atoms with van der Waals surface area (Å²) < 4.78 is 5.43. The van der Waals surface area contributed by atoms with Crippen LogP contribution in [-0.2, 0) is 4.74 Å². The highest BCUT2D eigenvalue weighted by molar-refractivity contribution is 5.14. The van der Waals surface area contributed by atoms with E-state index in [1.807, 2.05) is 0 Å². The van der Waals surface area contributed by atoms with Gasteiger partial charge in [0, 0.05) is 5.41 Å². The average molecular weight is 178 g/mol. The third-order valence-corrected chi connectivity index (χ3v) is 4.55. The minimum absolute atomic E-state index is 0.574. The van der Waals surface area contributed by atoms with Crippen molar-refractivity contribution in [2.45, 2.75) is 26.2 Å². The second-order valence-corrected chi connectivity index (χ2v) is 5.10. The fourth-order valence-electron chi connectivity index (χ4n) is 3.53. The maximum Gasteiger partial charge on any atom is 0.0547 e. The van der Waals surface area contributed by atoms with Crippen LogP contribution in [-0.4, -0.2) is 13.2 Å². The lowest BCUT2D eigenvalue weighted by atomic mass is 9.66. The van der Waals surface area contributed by atoms with E-state index in [1.165, 1.54) is 19.3 Å². The number of rotatable bonds is 2. The maximum absolute atomic E-state index is 5.43. The molecule has 13 heavy (non-hydrogen) atoms. The summed E-state index contributed by atoms with van der Waals surface area (Å²) in [5.41, 5.74) is 0.574. The molecule has 0 N–H and O–H groups in total. The molecule has 0 aromatic rings. The third kappa shape index (κ3) is 0.969. The lowest BCUT2D eigenvalue weighted by Gasteiger charge is -2.48. The first-order valence-corrected chi connectivity index (χ1v) is 5.60. The van der Waals surface area contributed by atoms with Crippen LogP contribution in [0.1, 0.15) is 26.2 Å². The number of ether oxygens (including phenoxy) is 1. The van der Waals surface area contributed by atoms with Crippen molar-refractivity contribution in [1.82, 2.24) is 0 Å². The Bertz CT molecular complexity index is 234. The molecule has 3 unspecified atom stereocenters.